The molecule has 0 aromatic heterocycles. The van der Waals surface area contributed by atoms with E-state index in [0.717, 1.165) is 5.69 Å². The third kappa shape index (κ3) is 4.18. The SMILES string of the molecule is COC(=O)C1=C(C(=O)OC)N(c2cc(N3CCOCC3)ccc2[N+](=O)[O-])C=CC=C1. The molecule has 0 saturated carbocycles. The van der Waals surface area contributed by atoms with Crippen molar-refractivity contribution in [1.82, 2.24) is 0 Å². The number of rotatable bonds is 5. The van der Waals surface area contributed by atoms with E-state index in [-0.39, 0.29) is 22.6 Å². The third-order valence-electron chi connectivity index (χ3n) is 4.68. The van der Waals surface area contributed by atoms with Crippen molar-refractivity contribution in [1.29, 1.82) is 0 Å². The standard InChI is InChI=1S/C20H21N3O7/c1-28-19(24)15-5-3-4-8-22(18(15)20(25)29-2)17-13-14(6-7-16(17)23(26)27)21-9-11-30-12-10-21/h3-8,13H,9-12H2,1-2H3. The number of carbonyl (C=O) groups is 2. The molecular weight excluding hydrogens is 394 g/mol. The Bertz CT molecular complexity index is 946. The maximum absolute atomic E-state index is 12.6. The van der Waals surface area contributed by atoms with Crippen molar-refractivity contribution in [3.8, 4) is 0 Å². The Morgan fingerprint density at radius 3 is 2.43 bits per heavy atom. The average Bonchev–Trinajstić information content (AvgIpc) is 3.01. The van der Waals surface area contributed by atoms with Crippen molar-refractivity contribution in [3.05, 3.63) is 64.0 Å². The van der Waals surface area contributed by atoms with Gasteiger partial charge in [-0.05, 0) is 24.3 Å². The molecule has 10 heteroatoms. The van der Waals surface area contributed by atoms with Gasteiger partial charge in [0.15, 0.2) is 0 Å². The first-order valence-electron chi connectivity index (χ1n) is 9.14. The quantitative estimate of drug-likeness (QED) is 0.404. The number of anilines is 2. The summed E-state index contributed by atoms with van der Waals surface area (Å²) in [6, 6.07) is 4.63. The van der Waals surface area contributed by atoms with Gasteiger partial charge in [0.05, 0.1) is 37.9 Å². The number of hydrogen-bond acceptors (Lipinski definition) is 9. The molecule has 0 aliphatic carbocycles. The maximum atomic E-state index is 12.6. The van der Waals surface area contributed by atoms with Crippen LogP contribution in [0.15, 0.2) is 53.9 Å². The lowest BCUT2D eigenvalue weighted by atomic mass is 10.1. The van der Waals surface area contributed by atoms with Crippen LogP contribution in [-0.2, 0) is 23.8 Å². The molecule has 30 heavy (non-hydrogen) atoms. The van der Waals surface area contributed by atoms with Crippen molar-refractivity contribution in [2.45, 2.75) is 0 Å². The summed E-state index contributed by atoms with van der Waals surface area (Å²) >= 11 is 0. The Labute approximate surface area is 172 Å². The molecule has 0 N–H and O–H groups in total. The van der Waals surface area contributed by atoms with Gasteiger partial charge in [-0.2, -0.15) is 0 Å². The number of ether oxygens (including phenoxy) is 3. The van der Waals surface area contributed by atoms with Crippen LogP contribution in [0.2, 0.25) is 0 Å². The molecule has 3 rings (SSSR count). The second-order valence-corrected chi connectivity index (χ2v) is 6.35. The van der Waals surface area contributed by atoms with E-state index in [9.17, 15) is 19.7 Å². The van der Waals surface area contributed by atoms with Gasteiger partial charge in [-0.25, -0.2) is 9.59 Å². The summed E-state index contributed by atoms with van der Waals surface area (Å²) in [6.45, 7) is 2.34. The number of morpholine rings is 1. The van der Waals surface area contributed by atoms with Crippen LogP contribution in [0.5, 0.6) is 0 Å². The molecule has 0 unspecified atom stereocenters. The van der Waals surface area contributed by atoms with E-state index in [2.05, 4.69) is 0 Å². The van der Waals surface area contributed by atoms with Gasteiger partial charge in [-0.1, -0.05) is 6.08 Å². The van der Waals surface area contributed by atoms with E-state index in [1.54, 1.807) is 18.2 Å². The summed E-state index contributed by atoms with van der Waals surface area (Å²) in [6.07, 6.45) is 5.95. The van der Waals surface area contributed by atoms with Gasteiger partial charge in [0.2, 0.25) is 0 Å². The minimum atomic E-state index is -0.835. The van der Waals surface area contributed by atoms with Gasteiger partial charge in [0.1, 0.15) is 11.4 Å². The minimum absolute atomic E-state index is 0.0829. The fourth-order valence-electron chi connectivity index (χ4n) is 3.23. The van der Waals surface area contributed by atoms with Crippen molar-refractivity contribution >= 4 is 29.0 Å². The number of esters is 2. The molecule has 2 aliphatic heterocycles. The number of nitro benzene ring substituents is 1. The molecule has 2 heterocycles. The summed E-state index contributed by atoms with van der Waals surface area (Å²) in [5.74, 6) is -1.61. The molecule has 158 valence electrons. The molecule has 10 nitrogen and oxygen atoms in total. The van der Waals surface area contributed by atoms with Crippen LogP contribution >= 0.6 is 0 Å². The number of nitro groups is 1. The average molecular weight is 415 g/mol. The van der Waals surface area contributed by atoms with Crippen LogP contribution in [-0.4, -0.2) is 57.4 Å². The van der Waals surface area contributed by atoms with E-state index < -0.39 is 16.9 Å². The molecule has 1 saturated heterocycles. The monoisotopic (exact) mass is 415 g/mol. The molecule has 0 bridgehead atoms. The Morgan fingerprint density at radius 2 is 1.80 bits per heavy atom. The topological polar surface area (TPSA) is 111 Å². The van der Waals surface area contributed by atoms with E-state index in [1.807, 2.05) is 4.90 Å². The summed E-state index contributed by atoms with van der Waals surface area (Å²) in [5.41, 5.74) is 0.347. The van der Waals surface area contributed by atoms with Crippen LogP contribution < -0.4 is 9.80 Å². The van der Waals surface area contributed by atoms with Gasteiger partial charge in [-0.3, -0.25) is 10.1 Å². The zero-order valence-electron chi connectivity index (χ0n) is 16.6. The Hall–Kier alpha value is -3.66. The minimum Gasteiger partial charge on any atom is -0.465 e. The molecule has 1 fully saturated rings. The van der Waals surface area contributed by atoms with E-state index >= 15 is 0 Å². The predicted molar refractivity (Wildman–Crippen MR) is 108 cm³/mol. The molecule has 1 aromatic rings. The first kappa shape index (κ1) is 21.1. The fourth-order valence-corrected chi connectivity index (χ4v) is 3.23. The highest BCUT2D eigenvalue weighted by molar-refractivity contribution is 6.06. The summed E-state index contributed by atoms with van der Waals surface area (Å²) < 4.78 is 15.0. The zero-order chi connectivity index (χ0) is 21.7. The number of nitrogens with zero attached hydrogens (tertiary/aromatic N) is 3. The highest BCUT2D eigenvalue weighted by Gasteiger charge is 2.31. The van der Waals surface area contributed by atoms with Crippen molar-refractivity contribution in [2.24, 2.45) is 0 Å². The number of allylic oxidation sites excluding steroid dienone is 2. The molecule has 0 amide bonds. The number of carbonyl (C=O) groups excluding carboxylic acids is 2. The summed E-state index contributed by atoms with van der Waals surface area (Å²) in [4.78, 5) is 39.4. The van der Waals surface area contributed by atoms with Crippen LogP contribution in [0.3, 0.4) is 0 Å². The normalized spacial score (nSPS) is 16.3. The van der Waals surface area contributed by atoms with Crippen LogP contribution in [0, 0.1) is 10.1 Å². The Kier molecular flexibility index (Phi) is 6.48. The van der Waals surface area contributed by atoms with Gasteiger partial charge < -0.3 is 24.0 Å². The van der Waals surface area contributed by atoms with Crippen LogP contribution in [0.25, 0.3) is 0 Å². The lowest BCUT2D eigenvalue weighted by Crippen LogP contribution is -2.36. The van der Waals surface area contributed by atoms with Gasteiger partial charge >= 0.3 is 11.9 Å². The van der Waals surface area contributed by atoms with Gasteiger partial charge in [0, 0.05) is 31.0 Å². The van der Waals surface area contributed by atoms with Crippen molar-refractivity contribution in [2.75, 3.05) is 50.3 Å². The summed E-state index contributed by atoms with van der Waals surface area (Å²) in [7, 11) is 2.35. The second-order valence-electron chi connectivity index (χ2n) is 6.35. The molecular formula is C20H21N3O7. The lowest BCUT2D eigenvalue weighted by molar-refractivity contribution is -0.384. The number of hydrogen-bond donors (Lipinski definition) is 0. The lowest BCUT2D eigenvalue weighted by Gasteiger charge is -2.30. The molecule has 1 aromatic carbocycles. The van der Waals surface area contributed by atoms with E-state index in [0.29, 0.717) is 26.3 Å². The molecule has 0 spiro atoms. The highest BCUT2D eigenvalue weighted by Crippen LogP contribution is 2.37. The third-order valence-corrected chi connectivity index (χ3v) is 4.68. The second kappa shape index (κ2) is 9.23. The fraction of sp³-hybridized carbons (Fsp3) is 0.300. The van der Waals surface area contributed by atoms with E-state index in [4.69, 9.17) is 14.2 Å². The van der Waals surface area contributed by atoms with Crippen LogP contribution in [0.4, 0.5) is 17.1 Å². The zero-order valence-corrected chi connectivity index (χ0v) is 16.6. The smallest absolute Gasteiger partial charge is 0.355 e. The Morgan fingerprint density at radius 1 is 1.10 bits per heavy atom. The van der Waals surface area contributed by atoms with Gasteiger partial charge in [-0.15, -0.1) is 0 Å². The van der Waals surface area contributed by atoms with Crippen molar-refractivity contribution in [3.63, 3.8) is 0 Å². The first-order chi connectivity index (χ1) is 14.5. The van der Waals surface area contributed by atoms with E-state index in [1.165, 1.54) is 43.5 Å². The highest BCUT2D eigenvalue weighted by atomic mass is 16.6. The largest absolute Gasteiger partial charge is 0.465 e. The first-order valence-corrected chi connectivity index (χ1v) is 9.14. The Balaban J connectivity index is 2.20. The van der Waals surface area contributed by atoms with Crippen molar-refractivity contribution < 1.29 is 28.7 Å². The predicted octanol–water partition coefficient (Wildman–Crippen LogP) is 1.92. The summed E-state index contributed by atoms with van der Waals surface area (Å²) in [5, 5.41) is 11.7. The molecule has 0 radical (unpaired) electrons. The van der Waals surface area contributed by atoms with Gasteiger partial charge in [0.25, 0.3) is 5.69 Å². The number of benzene rings is 1. The molecule has 0 atom stereocenters. The maximum Gasteiger partial charge on any atom is 0.355 e. The number of methoxy groups -OCH3 is 2. The van der Waals surface area contributed by atoms with Crippen LogP contribution in [0.1, 0.15) is 0 Å². The molecule has 2 aliphatic rings.